The van der Waals surface area contributed by atoms with E-state index in [4.69, 9.17) is 9.47 Å². The highest BCUT2D eigenvalue weighted by molar-refractivity contribution is 5.82. The number of hydrogen-bond donors (Lipinski definition) is 0. The lowest BCUT2D eigenvalue weighted by Crippen LogP contribution is -2.34. The second-order valence-electron chi connectivity index (χ2n) is 8.36. The van der Waals surface area contributed by atoms with Gasteiger partial charge in [0.15, 0.2) is 5.78 Å². The maximum atomic E-state index is 12.0. The van der Waals surface area contributed by atoms with Gasteiger partial charge < -0.3 is 9.47 Å². The van der Waals surface area contributed by atoms with E-state index in [2.05, 4.69) is 6.92 Å². The van der Waals surface area contributed by atoms with Crippen molar-refractivity contribution >= 4 is 11.6 Å². The Kier molecular flexibility index (Phi) is 9.98. The Hall–Kier alpha value is -0.740. The van der Waals surface area contributed by atoms with Gasteiger partial charge in [-0.3, -0.25) is 9.59 Å². The van der Waals surface area contributed by atoms with Crippen LogP contribution >= 0.6 is 0 Å². The van der Waals surface area contributed by atoms with Gasteiger partial charge in [-0.1, -0.05) is 34.1 Å². The number of hydrogen-bond acceptors (Lipinski definition) is 4. The predicted octanol–water partition coefficient (Wildman–Crippen LogP) is 4.59. The van der Waals surface area contributed by atoms with E-state index in [1.165, 1.54) is 0 Å². The fraction of sp³-hybridized carbons (Fsp3) is 0.900. The van der Waals surface area contributed by atoms with E-state index in [0.717, 1.165) is 12.8 Å². The summed E-state index contributed by atoms with van der Waals surface area (Å²) >= 11 is 0. The molecule has 0 aromatic rings. The van der Waals surface area contributed by atoms with E-state index < -0.39 is 11.2 Å². The normalized spacial score (nSPS) is 14.0. The van der Waals surface area contributed by atoms with Crippen LogP contribution in [-0.4, -0.2) is 36.0 Å². The minimum Gasteiger partial charge on any atom is -0.375 e. The zero-order valence-corrected chi connectivity index (χ0v) is 17.0. The van der Waals surface area contributed by atoms with Crippen LogP contribution in [0.4, 0.5) is 0 Å². The van der Waals surface area contributed by atoms with E-state index in [-0.39, 0.29) is 30.0 Å². The minimum atomic E-state index is -0.469. The number of carbonyl (C=O) groups excluding carboxylic acids is 2. The summed E-state index contributed by atoms with van der Waals surface area (Å²) in [4.78, 5) is 23.9. The van der Waals surface area contributed by atoms with Gasteiger partial charge in [-0.25, -0.2) is 0 Å². The largest absolute Gasteiger partial charge is 0.375 e. The van der Waals surface area contributed by atoms with Crippen LogP contribution in [0.5, 0.6) is 0 Å². The molecule has 0 rings (SSSR count). The number of rotatable bonds is 13. The summed E-state index contributed by atoms with van der Waals surface area (Å²) < 4.78 is 11.7. The highest BCUT2D eigenvalue weighted by atomic mass is 16.5. The molecular weight excluding hydrogens is 304 g/mol. The van der Waals surface area contributed by atoms with E-state index >= 15 is 0 Å². The molecule has 24 heavy (non-hydrogen) atoms. The molecule has 0 aromatic carbocycles. The molecule has 0 heterocycles. The number of carbonyl (C=O) groups is 2. The first-order valence-electron chi connectivity index (χ1n) is 9.23. The molecular formula is C20H38O4. The van der Waals surface area contributed by atoms with Gasteiger partial charge in [-0.05, 0) is 40.5 Å². The molecule has 0 saturated carbocycles. The summed E-state index contributed by atoms with van der Waals surface area (Å²) in [7, 11) is 0. The van der Waals surface area contributed by atoms with Gasteiger partial charge in [0.05, 0.1) is 17.8 Å². The minimum absolute atomic E-state index is 0.0313. The molecule has 0 spiro atoms. The van der Waals surface area contributed by atoms with Crippen LogP contribution in [-0.2, 0) is 19.1 Å². The van der Waals surface area contributed by atoms with Crippen molar-refractivity contribution in [2.45, 2.75) is 92.3 Å². The van der Waals surface area contributed by atoms with Crippen molar-refractivity contribution in [1.82, 2.24) is 0 Å². The zero-order chi connectivity index (χ0) is 19.0. The van der Waals surface area contributed by atoms with Gasteiger partial charge in [0, 0.05) is 18.3 Å². The third-order valence-electron chi connectivity index (χ3n) is 4.32. The third-order valence-corrected chi connectivity index (χ3v) is 4.32. The Morgan fingerprint density at radius 3 is 2.00 bits per heavy atom. The van der Waals surface area contributed by atoms with Crippen LogP contribution in [0.3, 0.4) is 0 Å². The monoisotopic (exact) mass is 342 g/mol. The molecule has 4 nitrogen and oxygen atoms in total. The number of ether oxygens (including phenoxy) is 2. The lowest BCUT2D eigenvalue weighted by molar-refractivity contribution is -0.137. The summed E-state index contributed by atoms with van der Waals surface area (Å²) in [6, 6.07) is 0. The van der Waals surface area contributed by atoms with Crippen LogP contribution in [0.25, 0.3) is 0 Å². The smallest absolute Gasteiger partial charge is 0.161 e. The molecule has 0 radical (unpaired) electrons. The maximum absolute atomic E-state index is 12.0. The van der Waals surface area contributed by atoms with Crippen molar-refractivity contribution in [2.75, 3.05) is 13.2 Å². The van der Waals surface area contributed by atoms with E-state index in [1.807, 2.05) is 48.5 Å². The molecule has 0 amide bonds. The second kappa shape index (κ2) is 10.3. The van der Waals surface area contributed by atoms with Gasteiger partial charge in [0.2, 0.25) is 0 Å². The van der Waals surface area contributed by atoms with Gasteiger partial charge in [-0.15, -0.1) is 0 Å². The Morgan fingerprint density at radius 1 is 0.917 bits per heavy atom. The summed E-state index contributed by atoms with van der Waals surface area (Å²) in [6.07, 6.45) is 3.01. The molecule has 1 atom stereocenters. The summed E-state index contributed by atoms with van der Waals surface area (Å²) in [5.74, 6) is 0.464. The Balaban J connectivity index is 4.23. The molecule has 0 aliphatic rings. The number of Topliss-reactive ketones (excluding diaryl/α,β-unsaturated/α-hetero) is 2. The summed E-state index contributed by atoms with van der Waals surface area (Å²) in [5, 5.41) is 0. The van der Waals surface area contributed by atoms with E-state index in [1.54, 1.807) is 0 Å². The average molecular weight is 343 g/mol. The maximum Gasteiger partial charge on any atom is 0.161 e. The quantitative estimate of drug-likeness (QED) is 0.491. The molecule has 0 fully saturated rings. The van der Waals surface area contributed by atoms with Crippen molar-refractivity contribution in [1.29, 1.82) is 0 Å². The Morgan fingerprint density at radius 2 is 1.50 bits per heavy atom. The second-order valence-corrected chi connectivity index (χ2v) is 8.36. The molecule has 4 heteroatoms. The fourth-order valence-electron chi connectivity index (χ4n) is 2.32. The van der Waals surface area contributed by atoms with Crippen molar-refractivity contribution in [3.63, 3.8) is 0 Å². The van der Waals surface area contributed by atoms with E-state index in [9.17, 15) is 9.59 Å². The van der Waals surface area contributed by atoms with Crippen LogP contribution in [0.1, 0.15) is 81.1 Å². The summed E-state index contributed by atoms with van der Waals surface area (Å²) in [6.45, 7) is 16.3. The molecule has 0 aromatic heterocycles. The molecule has 0 aliphatic heterocycles. The fourth-order valence-corrected chi connectivity index (χ4v) is 2.32. The standard InChI is InChI=1S/C20H38O4/c1-9-10-16(4)18(22)14-24-19(5,6)11-12-23-20(7,8)13-17(21)15(2)3/h15-16H,9-14H2,1-8H3. The van der Waals surface area contributed by atoms with Gasteiger partial charge in [0.25, 0.3) is 0 Å². The Bertz CT molecular complexity index is 396. The van der Waals surface area contributed by atoms with Gasteiger partial charge >= 0.3 is 0 Å². The summed E-state index contributed by atoms with van der Waals surface area (Å²) in [5.41, 5.74) is -0.886. The lowest BCUT2D eigenvalue weighted by atomic mass is 9.95. The van der Waals surface area contributed by atoms with Crippen molar-refractivity contribution < 1.29 is 19.1 Å². The first-order valence-corrected chi connectivity index (χ1v) is 9.23. The highest BCUT2D eigenvalue weighted by Crippen LogP contribution is 2.21. The molecule has 142 valence electrons. The molecule has 0 bridgehead atoms. The molecule has 1 unspecified atom stereocenters. The topological polar surface area (TPSA) is 52.6 Å². The zero-order valence-electron chi connectivity index (χ0n) is 17.0. The predicted molar refractivity (Wildman–Crippen MR) is 98.2 cm³/mol. The molecule has 0 aliphatic carbocycles. The van der Waals surface area contributed by atoms with Gasteiger partial charge in [-0.2, -0.15) is 0 Å². The third kappa shape index (κ3) is 10.2. The molecule has 0 saturated heterocycles. The van der Waals surface area contributed by atoms with Crippen LogP contribution < -0.4 is 0 Å². The SMILES string of the molecule is CCCC(C)C(=O)COC(C)(C)CCOC(C)(C)CC(=O)C(C)C. The Labute approximate surface area is 148 Å². The van der Waals surface area contributed by atoms with Crippen LogP contribution in [0.2, 0.25) is 0 Å². The van der Waals surface area contributed by atoms with Gasteiger partial charge in [0.1, 0.15) is 12.4 Å². The van der Waals surface area contributed by atoms with Crippen LogP contribution in [0.15, 0.2) is 0 Å². The molecule has 0 N–H and O–H groups in total. The first kappa shape index (κ1) is 23.3. The average Bonchev–Trinajstić information content (AvgIpc) is 2.43. The highest BCUT2D eigenvalue weighted by Gasteiger charge is 2.26. The van der Waals surface area contributed by atoms with Crippen molar-refractivity contribution in [3.05, 3.63) is 0 Å². The number of ketones is 2. The van der Waals surface area contributed by atoms with Crippen molar-refractivity contribution in [2.24, 2.45) is 11.8 Å². The first-order chi connectivity index (χ1) is 10.9. The van der Waals surface area contributed by atoms with E-state index in [0.29, 0.717) is 19.4 Å². The van der Waals surface area contributed by atoms with Crippen LogP contribution in [0, 0.1) is 11.8 Å². The van der Waals surface area contributed by atoms with Crippen molar-refractivity contribution in [3.8, 4) is 0 Å². The lowest BCUT2D eigenvalue weighted by Gasteiger charge is -2.30.